The first kappa shape index (κ1) is 14.1. The molecule has 3 heteroatoms. The molecule has 1 aromatic carbocycles. The third-order valence-corrected chi connectivity index (χ3v) is 3.35. The van der Waals surface area contributed by atoms with Crippen molar-refractivity contribution in [2.45, 2.75) is 20.8 Å². The molecule has 0 N–H and O–H groups in total. The lowest BCUT2D eigenvalue weighted by molar-refractivity contribution is 1.09. The maximum Gasteiger partial charge on any atom is 0.137 e. The van der Waals surface area contributed by atoms with Crippen LogP contribution in [0.4, 0.5) is 0 Å². The van der Waals surface area contributed by atoms with Crippen molar-refractivity contribution < 1.29 is 0 Å². The van der Waals surface area contributed by atoms with Crippen molar-refractivity contribution in [3.05, 3.63) is 59.4 Å². The zero-order valence-electron chi connectivity index (χ0n) is 11.3. The molecule has 0 atom stereocenters. The molecule has 2 aromatic heterocycles. The average Bonchev–Trinajstić information content (AvgIpc) is 2.74. The van der Waals surface area contributed by atoms with Crippen LogP contribution in [0, 0.1) is 20.8 Å². The van der Waals surface area contributed by atoms with Crippen LogP contribution < -0.4 is 0 Å². The Kier molecular flexibility index (Phi) is 3.94. The molecule has 0 aliphatic rings. The first-order valence-electron chi connectivity index (χ1n) is 6.17. The van der Waals surface area contributed by atoms with Crippen molar-refractivity contribution in [2.75, 3.05) is 0 Å². The van der Waals surface area contributed by atoms with Crippen LogP contribution in [-0.2, 0) is 0 Å². The molecule has 0 radical (unpaired) electrons. The fraction of sp³-hybridized carbons (Fsp3) is 0.188. The minimum atomic E-state index is 0. The van der Waals surface area contributed by atoms with E-state index in [1.807, 2.05) is 12.1 Å². The molecule has 0 aliphatic carbocycles. The fourth-order valence-corrected chi connectivity index (χ4v) is 2.38. The van der Waals surface area contributed by atoms with Gasteiger partial charge in [-0.25, -0.2) is 4.98 Å². The Hall–Kier alpha value is -1.36. The summed E-state index contributed by atoms with van der Waals surface area (Å²) in [5.74, 6) is 0. The van der Waals surface area contributed by atoms with Gasteiger partial charge >= 0.3 is 0 Å². The first-order valence-corrected chi connectivity index (χ1v) is 6.17. The molecule has 0 spiro atoms. The molecule has 3 aromatic rings. The number of pyridine rings is 1. The predicted molar refractivity (Wildman–Crippen MR) is 90.3 cm³/mol. The van der Waals surface area contributed by atoms with Gasteiger partial charge < -0.3 is 4.40 Å². The molecule has 0 unspecified atom stereocenters. The zero-order chi connectivity index (χ0) is 12.7. The Morgan fingerprint density at radius 2 is 1.79 bits per heavy atom. The van der Waals surface area contributed by atoms with Crippen LogP contribution in [0.25, 0.3) is 16.9 Å². The average molecular weight is 364 g/mol. The summed E-state index contributed by atoms with van der Waals surface area (Å²) < 4.78 is 2.13. The summed E-state index contributed by atoms with van der Waals surface area (Å²) >= 11 is 0. The third kappa shape index (κ3) is 2.52. The lowest BCUT2D eigenvalue weighted by Crippen LogP contribution is -1.86. The van der Waals surface area contributed by atoms with Gasteiger partial charge in [0.25, 0.3) is 0 Å². The quantitative estimate of drug-likeness (QED) is 0.580. The molecular formula is C16H17IN2. The Balaban J connectivity index is 0.00000133. The van der Waals surface area contributed by atoms with Gasteiger partial charge in [0.15, 0.2) is 0 Å². The number of nitrogens with zero attached hydrogens (tertiary/aromatic N) is 2. The second kappa shape index (κ2) is 5.33. The van der Waals surface area contributed by atoms with E-state index < -0.39 is 0 Å². The molecule has 19 heavy (non-hydrogen) atoms. The SMILES string of the molecule is Cc1ccc(-c2cn3c(C)cccc3n2)c(C)c1.I. The fourth-order valence-electron chi connectivity index (χ4n) is 2.38. The van der Waals surface area contributed by atoms with Gasteiger partial charge in [-0.15, -0.1) is 24.0 Å². The Morgan fingerprint density at radius 1 is 1.00 bits per heavy atom. The lowest BCUT2D eigenvalue weighted by atomic mass is 10.0. The number of benzene rings is 1. The third-order valence-electron chi connectivity index (χ3n) is 3.35. The number of hydrogen-bond donors (Lipinski definition) is 0. The highest BCUT2D eigenvalue weighted by Crippen LogP contribution is 2.24. The summed E-state index contributed by atoms with van der Waals surface area (Å²) in [4.78, 5) is 4.70. The van der Waals surface area contributed by atoms with Gasteiger partial charge in [0, 0.05) is 17.5 Å². The van der Waals surface area contributed by atoms with Crippen LogP contribution in [0.5, 0.6) is 0 Å². The molecular weight excluding hydrogens is 347 g/mol. The van der Waals surface area contributed by atoms with Gasteiger partial charge in [-0.05, 0) is 38.5 Å². The minimum absolute atomic E-state index is 0. The van der Waals surface area contributed by atoms with E-state index in [4.69, 9.17) is 4.98 Å². The highest BCUT2D eigenvalue weighted by atomic mass is 127. The molecule has 0 saturated heterocycles. The molecule has 0 fully saturated rings. The number of fused-ring (bicyclic) bond motifs is 1. The maximum absolute atomic E-state index is 4.70. The number of hydrogen-bond acceptors (Lipinski definition) is 1. The highest BCUT2D eigenvalue weighted by Gasteiger charge is 2.07. The molecule has 98 valence electrons. The minimum Gasteiger partial charge on any atom is -0.304 e. The largest absolute Gasteiger partial charge is 0.304 e. The number of halogens is 1. The normalized spacial score (nSPS) is 10.5. The van der Waals surface area contributed by atoms with E-state index >= 15 is 0 Å². The first-order chi connectivity index (χ1) is 8.65. The maximum atomic E-state index is 4.70. The smallest absolute Gasteiger partial charge is 0.137 e. The molecule has 0 saturated carbocycles. The van der Waals surface area contributed by atoms with Crippen LogP contribution in [0.1, 0.15) is 16.8 Å². The second-order valence-electron chi connectivity index (χ2n) is 4.84. The summed E-state index contributed by atoms with van der Waals surface area (Å²) in [7, 11) is 0. The molecule has 0 bridgehead atoms. The van der Waals surface area contributed by atoms with E-state index in [0.717, 1.165) is 11.3 Å². The number of imidazole rings is 1. The Labute approximate surface area is 130 Å². The van der Waals surface area contributed by atoms with E-state index in [1.54, 1.807) is 0 Å². The van der Waals surface area contributed by atoms with E-state index in [0.29, 0.717) is 0 Å². The molecule has 3 rings (SSSR count). The van der Waals surface area contributed by atoms with Gasteiger partial charge in [-0.2, -0.15) is 0 Å². The summed E-state index contributed by atoms with van der Waals surface area (Å²) in [6, 6.07) is 12.7. The van der Waals surface area contributed by atoms with E-state index in [9.17, 15) is 0 Å². The second-order valence-corrected chi connectivity index (χ2v) is 4.84. The topological polar surface area (TPSA) is 17.3 Å². The van der Waals surface area contributed by atoms with Crippen molar-refractivity contribution in [1.82, 2.24) is 9.38 Å². The van der Waals surface area contributed by atoms with E-state index in [2.05, 4.69) is 55.6 Å². The van der Waals surface area contributed by atoms with Gasteiger partial charge in [-0.1, -0.05) is 29.8 Å². The summed E-state index contributed by atoms with van der Waals surface area (Å²) in [6.07, 6.45) is 2.11. The Morgan fingerprint density at radius 3 is 2.47 bits per heavy atom. The molecule has 2 heterocycles. The van der Waals surface area contributed by atoms with Crippen molar-refractivity contribution in [2.24, 2.45) is 0 Å². The van der Waals surface area contributed by atoms with Crippen molar-refractivity contribution in [3.63, 3.8) is 0 Å². The predicted octanol–water partition coefficient (Wildman–Crippen LogP) is 4.54. The van der Waals surface area contributed by atoms with Gasteiger partial charge in [0.2, 0.25) is 0 Å². The van der Waals surface area contributed by atoms with Crippen LogP contribution >= 0.6 is 24.0 Å². The van der Waals surface area contributed by atoms with Gasteiger partial charge in [-0.3, -0.25) is 0 Å². The monoisotopic (exact) mass is 364 g/mol. The standard InChI is InChI=1S/C16H16N2.HI/c1-11-7-8-14(12(2)9-11)15-10-18-13(3)5-4-6-16(18)17-15;/h4-10H,1-3H3;1H. The molecule has 0 aliphatic heterocycles. The van der Waals surface area contributed by atoms with Crippen molar-refractivity contribution in [3.8, 4) is 11.3 Å². The van der Waals surface area contributed by atoms with Crippen LogP contribution in [0.2, 0.25) is 0 Å². The summed E-state index contributed by atoms with van der Waals surface area (Å²) in [5, 5.41) is 0. The number of rotatable bonds is 1. The zero-order valence-corrected chi connectivity index (χ0v) is 13.7. The lowest BCUT2D eigenvalue weighted by Gasteiger charge is -2.03. The molecule has 2 nitrogen and oxygen atoms in total. The molecule has 0 amide bonds. The van der Waals surface area contributed by atoms with E-state index in [-0.39, 0.29) is 24.0 Å². The highest BCUT2D eigenvalue weighted by molar-refractivity contribution is 14.0. The van der Waals surface area contributed by atoms with Crippen LogP contribution in [0.15, 0.2) is 42.6 Å². The summed E-state index contributed by atoms with van der Waals surface area (Å²) in [6.45, 7) is 6.35. The van der Waals surface area contributed by atoms with Gasteiger partial charge in [0.05, 0.1) is 5.69 Å². The Bertz CT molecular complexity index is 729. The van der Waals surface area contributed by atoms with Gasteiger partial charge in [0.1, 0.15) is 5.65 Å². The number of aryl methyl sites for hydroxylation is 3. The van der Waals surface area contributed by atoms with Crippen molar-refractivity contribution >= 4 is 29.6 Å². The van der Waals surface area contributed by atoms with Crippen LogP contribution in [0.3, 0.4) is 0 Å². The van der Waals surface area contributed by atoms with Crippen molar-refractivity contribution in [1.29, 1.82) is 0 Å². The van der Waals surface area contributed by atoms with Crippen LogP contribution in [-0.4, -0.2) is 9.38 Å². The van der Waals surface area contributed by atoms with E-state index in [1.165, 1.54) is 22.4 Å². The summed E-state index contributed by atoms with van der Waals surface area (Å²) in [5.41, 5.74) is 7.03. The number of aromatic nitrogens is 2.